The van der Waals surface area contributed by atoms with Crippen molar-refractivity contribution in [3.8, 4) is 5.75 Å². The van der Waals surface area contributed by atoms with E-state index >= 15 is 0 Å². The standard InChI is InChI=1S/C7H5O2.C2H4O2.Hg/c8-5-6-3-1-2-4-7(6)9;1-2(3)4;/h1-3,5,9H;1H3,(H,3,4);/q;;+1/p-1. The summed E-state index contributed by atoms with van der Waals surface area (Å²) >= 11 is -2.03. The van der Waals surface area contributed by atoms with Gasteiger partial charge >= 0.3 is 94.1 Å². The van der Waals surface area contributed by atoms with E-state index in [0.717, 1.165) is 0 Å². The molecule has 0 spiro atoms. The Morgan fingerprint density at radius 3 is 2.86 bits per heavy atom. The Hall–Kier alpha value is -0.905. The van der Waals surface area contributed by atoms with Crippen molar-refractivity contribution in [1.82, 2.24) is 0 Å². The predicted octanol–water partition coefficient (Wildman–Crippen LogP) is 0.391. The molecule has 1 N–H and O–H groups in total. The molecule has 0 aliphatic rings. The van der Waals surface area contributed by atoms with Gasteiger partial charge in [-0.2, -0.15) is 0 Å². The van der Waals surface area contributed by atoms with Gasteiger partial charge in [0.1, 0.15) is 0 Å². The third-order valence-corrected chi connectivity index (χ3v) is 7.28. The van der Waals surface area contributed by atoms with E-state index in [-0.39, 0.29) is 17.3 Å². The second-order valence-corrected chi connectivity index (χ2v) is 7.96. The Kier molecular flexibility index (Phi) is 4.07. The van der Waals surface area contributed by atoms with Crippen molar-refractivity contribution in [2.24, 2.45) is 0 Å². The van der Waals surface area contributed by atoms with Crippen LogP contribution in [0, 0.1) is 0 Å². The van der Waals surface area contributed by atoms with Gasteiger partial charge in [0.15, 0.2) is 0 Å². The third kappa shape index (κ3) is 2.80. The van der Waals surface area contributed by atoms with Crippen LogP contribution in [0.25, 0.3) is 0 Å². The molecule has 0 radical (unpaired) electrons. The van der Waals surface area contributed by atoms with Gasteiger partial charge in [-0.15, -0.1) is 0 Å². The van der Waals surface area contributed by atoms with E-state index in [2.05, 4.69) is 0 Å². The van der Waals surface area contributed by atoms with E-state index < -0.39 is 25.0 Å². The molecule has 0 aliphatic heterocycles. The molecular weight excluding hydrogens is 373 g/mol. The minimum absolute atomic E-state index is 0.0367. The summed E-state index contributed by atoms with van der Waals surface area (Å²) in [5.41, 5.74) is 0.245. The van der Waals surface area contributed by atoms with Crippen molar-refractivity contribution in [3.05, 3.63) is 23.8 Å². The molecule has 0 heterocycles. The molecule has 4 nitrogen and oxygen atoms in total. The summed E-state index contributed by atoms with van der Waals surface area (Å²) in [7, 11) is 0. The molecule has 0 unspecified atom stereocenters. The number of carbonyl (C=O) groups is 2. The number of phenolic OH excluding ortho intramolecular Hbond substituents is 1. The van der Waals surface area contributed by atoms with E-state index in [0.29, 0.717) is 9.36 Å². The van der Waals surface area contributed by atoms with Crippen LogP contribution in [-0.2, 0) is 32.5 Å². The molecule has 0 fully saturated rings. The van der Waals surface area contributed by atoms with E-state index in [1.807, 2.05) is 0 Å². The molecule has 14 heavy (non-hydrogen) atoms. The third-order valence-electron chi connectivity index (χ3n) is 1.71. The van der Waals surface area contributed by atoms with E-state index in [1.165, 1.54) is 13.0 Å². The fraction of sp³-hybridized carbons (Fsp3) is 0.111. The van der Waals surface area contributed by atoms with E-state index in [4.69, 9.17) is 2.64 Å². The average Bonchev–Trinajstić information content (AvgIpc) is 2.16. The first-order valence-corrected chi connectivity index (χ1v) is 9.04. The number of hydrogen-bond donors (Lipinski definition) is 1. The Balaban J connectivity index is 2.86. The molecule has 0 atom stereocenters. The van der Waals surface area contributed by atoms with E-state index in [1.54, 1.807) is 12.1 Å². The molecule has 0 bridgehead atoms. The number of benzene rings is 1. The Labute approximate surface area is 94.0 Å². The zero-order valence-electron chi connectivity index (χ0n) is 7.69. The molecule has 0 aromatic heterocycles. The molecule has 0 saturated heterocycles. The average molecular weight is 381 g/mol. The number of hydrogen-bond acceptors (Lipinski definition) is 4. The van der Waals surface area contributed by atoms with Gasteiger partial charge in [-0.3, -0.25) is 0 Å². The molecule has 5 heteroatoms. The first-order chi connectivity index (χ1) is 6.65. The molecule has 1 rings (SSSR count). The van der Waals surface area contributed by atoms with Crippen LogP contribution in [-0.4, -0.2) is 17.4 Å². The Morgan fingerprint density at radius 1 is 1.57 bits per heavy atom. The predicted molar refractivity (Wildman–Crippen MR) is 44.9 cm³/mol. The van der Waals surface area contributed by atoms with Crippen molar-refractivity contribution in [1.29, 1.82) is 0 Å². The molecule has 1 aromatic rings. The quantitative estimate of drug-likeness (QED) is 0.609. The van der Waals surface area contributed by atoms with Gasteiger partial charge in [-0.1, -0.05) is 0 Å². The number of carbonyl (C=O) groups excluding carboxylic acids is 2. The fourth-order valence-electron chi connectivity index (χ4n) is 1.00. The summed E-state index contributed by atoms with van der Waals surface area (Å²) in [4.78, 5) is 21.0. The number of rotatable bonds is 3. The first-order valence-electron chi connectivity index (χ1n) is 4.04. The van der Waals surface area contributed by atoms with Crippen LogP contribution in [0.2, 0.25) is 0 Å². The van der Waals surface area contributed by atoms with Crippen LogP contribution < -0.4 is 3.07 Å². The van der Waals surface area contributed by atoms with Gasteiger partial charge < -0.3 is 0 Å². The molecular formula is C9H8HgO4. The van der Waals surface area contributed by atoms with Gasteiger partial charge in [-0.25, -0.2) is 0 Å². The monoisotopic (exact) mass is 382 g/mol. The van der Waals surface area contributed by atoms with Crippen LogP contribution in [0.5, 0.6) is 5.75 Å². The SMILES string of the molecule is CC(=O)[O][Hg][c]1cccc(C=O)c1O. The topological polar surface area (TPSA) is 63.6 Å². The summed E-state index contributed by atoms with van der Waals surface area (Å²) in [6, 6.07) is 4.88. The molecule has 1 aromatic carbocycles. The van der Waals surface area contributed by atoms with Crippen LogP contribution >= 0.6 is 0 Å². The van der Waals surface area contributed by atoms with Crippen LogP contribution in [0.3, 0.4) is 0 Å². The fourth-order valence-corrected chi connectivity index (χ4v) is 4.62. The maximum absolute atomic E-state index is 10.6. The number of aldehydes is 1. The van der Waals surface area contributed by atoms with Gasteiger partial charge in [0.2, 0.25) is 0 Å². The molecule has 70 valence electrons. The van der Waals surface area contributed by atoms with Crippen LogP contribution in [0.15, 0.2) is 18.2 Å². The zero-order chi connectivity index (χ0) is 10.6. The van der Waals surface area contributed by atoms with Gasteiger partial charge in [0, 0.05) is 0 Å². The van der Waals surface area contributed by atoms with Gasteiger partial charge in [0.05, 0.1) is 0 Å². The van der Waals surface area contributed by atoms with Crippen molar-refractivity contribution in [3.63, 3.8) is 0 Å². The Morgan fingerprint density at radius 2 is 2.29 bits per heavy atom. The minimum atomic E-state index is -2.03. The number of phenols is 1. The van der Waals surface area contributed by atoms with Gasteiger partial charge in [0.25, 0.3) is 0 Å². The zero-order valence-corrected chi connectivity index (χ0v) is 13.2. The van der Waals surface area contributed by atoms with Crippen LogP contribution in [0.4, 0.5) is 0 Å². The first kappa shape index (κ1) is 11.2. The van der Waals surface area contributed by atoms with Crippen molar-refractivity contribution < 1.29 is 42.4 Å². The summed E-state index contributed by atoms with van der Waals surface area (Å²) in [6.45, 7) is 1.33. The summed E-state index contributed by atoms with van der Waals surface area (Å²) in [6.07, 6.45) is 0.584. The second kappa shape index (κ2) is 5.09. The molecule has 0 aliphatic carbocycles. The van der Waals surface area contributed by atoms with Gasteiger partial charge in [-0.05, 0) is 0 Å². The van der Waals surface area contributed by atoms with E-state index in [9.17, 15) is 14.7 Å². The summed E-state index contributed by atoms with van der Waals surface area (Å²) in [5, 5.41) is 9.53. The molecule has 0 amide bonds. The number of para-hydroxylation sites is 1. The summed E-state index contributed by atoms with van der Waals surface area (Å²) < 4.78 is 5.56. The second-order valence-electron chi connectivity index (χ2n) is 2.75. The summed E-state index contributed by atoms with van der Waals surface area (Å²) in [5.74, 6) is -0.368. The maximum atomic E-state index is 10.6. The molecule has 0 saturated carbocycles. The van der Waals surface area contributed by atoms with Crippen molar-refractivity contribution >= 4 is 15.3 Å². The normalized spacial score (nSPS) is 8.93. The van der Waals surface area contributed by atoms with Crippen molar-refractivity contribution in [2.45, 2.75) is 6.92 Å². The number of aromatic hydroxyl groups is 1. The van der Waals surface area contributed by atoms with Crippen molar-refractivity contribution in [2.75, 3.05) is 0 Å². The van der Waals surface area contributed by atoms with Crippen LogP contribution in [0.1, 0.15) is 17.3 Å². The Bertz CT molecular complexity index is 362.